The third-order valence-electron chi connectivity index (χ3n) is 3.51. The molecule has 100 valence electrons. The van der Waals surface area contributed by atoms with Crippen molar-refractivity contribution in [3.05, 3.63) is 20.8 Å². The van der Waals surface area contributed by atoms with Gasteiger partial charge in [-0.05, 0) is 42.0 Å². The predicted molar refractivity (Wildman–Crippen MR) is 73.9 cm³/mol. The van der Waals surface area contributed by atoms with Gasteiger partial charge in [-0.1, -0.05) is 0 Å². The Labute approximate surface area is 119 Å². The van der Waals surface area contributed by atoms with Gasteiger partial charge in [-0.2, -0.15) is 0 Å². The molecule has 18 heavy (non-hydrogen) atoms. The minimum absolute atomic E-state index is 0.0571. The Balaban J connectivity index is 2.10. The lowest BCUT2D eigenvalue weighted by atomic mass is 10.0. The third kappa shape index (κ3) is 2.77. The second-order valence-corrected chi connectivity index (χ2v) is 7.03. The molecule has 1 aromatic heterocycles. The van der Waals surface area contributed by atoms with Gasteiger partial charge in [-0.15, -0.1) is 11.3 Å². The molecule has 6 heteroatoms. The molecule has 0 bridgehead atoms. The summed E-state index contributed by atoms with van der Waals surface area (Å²) in [6, 6.07) is 4.22. The number of aliphatic carboxylic acids is 1. The van der Waals surface area contributed by atoms with E-state index in [4.69, 9.17) is 4.74 Å². The van der Waals surface area contributed by atoms with Crippen LogP contribution in [-0.2, 0) is 9.53 Å². The Hall–Kier alpha value is -0.430. The average Bonchev–Trinajstić information content (AvgIpc) is 2.95. The van der Waals surface area contributed by atoms with E-state index in [0.29, 0.717) is 13.2 Å². The molecule has 1 aliphatic rings. The molecule has 0 saturated carbocycles. The molecule has 3 atom stereocenters. The minimum Gasteiger partial charge on any atom is -0.481 e. The van der Waals surface area contributed by atoms with E-state index < -0.39 is 11.9 Å². The van der Waals surface area contributed by atoms with Crippen LogP contribution in [0.3, 0.4) is 0 Å². The van der Waals surface area contributed by atoms with Crippen molar-refractivity contribution in [2.75, 3.05) is 20.3 Å². The Bertz CT molecular complexity index is 437. The number of nitrogens with zero attached hydrogens (tertiary/aromatic N) is 1. The monoisotopic (exact) mass is 333 g/mol. The van der Waals surface area contributed by atoms with E-state index in [1.807, 2.05) is 13.1 Å². The molecular weight excluding hydrogens is 318 g/mol. The summed E-state index contributed by atoms with van der Waals surface area (Å²) in [5, 5.41) is 9.18. The zero-order valence-corrected chi connectivity index (χ0v) is 12.7. The van der Waals surface area contributed by atoms with E-state index in [2.05, 4.69) is 33.8 Å². The van der Waals surface area contributed by atoms with Crippen LogP contribution in [0.5, 0.6) is 0 Å². The lowest BCUT2D eigenvalue weighted by Crippen LogP contribution is -2.41. The molecule has 1 aliphatic heterocycles. The lowest BCUT2D eigenvalue weighted by Gasteiger charge is -2.31. The molecular formula is C12H16BrNO3S. The fourth-order valence-corrected chi connectivity index (χ4v) is 3.75. The molecule has 1 aromatic rings. The van der Waals surface area contributed by atoms with Gasteiger partial charge in [0.05, 0.1) is 22.9 Å². The number of likely N-dealkylation sites (N-methyl/N-ethyl adjacent to an activating group) is 1. The van der Waals surface area contributed by atoms with E-state index in [0.717, 1.165) is 3.79 Å². The fourth-order valence-electron chi connectivity index (χ4n) is 2.22. The first kappa shape index (κ1) is 14.0. The number of ether oxygens (including phenoxy) is 1. The van der Waals surface area contributed by atoms with E-state index in [1.54, 1.807) is 11.3 Å². The lowest BCUT2D eigenvalue weighted by molar-refractivity contribution is -0.143. The van der Waals surface area contributed by atoms with Crippen molar-refractivity contribution in [1.82, 2.24) is 4.90 Å². The number of hydrogen-bond donors (Lipinski definition) is 1. The van der Waals surface area contributed by atoms with Gasteiger partial charge in [-0.3, -0.25) is 9.69 Å². The van der Waals surface area contributed by atoms with Crippen LogP contribution in [0, 0.1) is 5.92 Å². The summed E-state index contributed by atoms with van der Waals surface area (Å²) in [7, 11) is 1.97. The van der Waals surface area contributed by atoms with Gasteiger partial charge in [0.15, 0.2) is 0 Å². The van der Waals surface area contributed by atoms with Crippen LogP contribution in [0.15, 0.2) is 15.9 Å². The summed E-state index contributed by atoms with van der Waals surface area (Å²) in [4.78, 5) is 14.5. The summed E-state index contributed by atoms with van der Waals surface area (Å²) in [5.41, 5.74) is 0. The normalized spacial score (nSPS) is 25.6. The molecule has 2 heterocycles. The standard InChI is InChI=1S/C12H16BrNO3S/c1-7(10-3-4-11(13)18-10)14(2)9-6-17-5-8(9)12(15)16/h3-4,7-9H,5-6H2,1-2H3,(H,15,16). The van der Waals surface area contributed by atoms with Gasteiger partial charge >= 0.3 is 5.97 Å². The van der Waals surface area contributed by atoms with Crippen LogP contribution in [0.1, 0.15) is 17.8 Å². The number of hydrogen-bond acceptors (Lipinski definition) is 4. The number of carboxylic acids is 1. The van der Waals surface area contributed by atoms with Gasteiger partial charge in [-0.25, -0.2) is 0 Å². The molecule has 4 nitrogen and oxygen atoms in total. The smallest absolute Gasteiger partial charge is 0.310 e. The minimum atomic E-state index is -0.774. The number of carboxylic acid groups (broad SMARTS) is 1. The van der Waals surface area contributed by atoms with Crippen molar-refractivity contribution >= 4 is 33.2 Å². The van der Waals surface area contributed by atoms with Crippen LogP contribution in [-0.4, -0.2) is 42.3 Å². The van der Waals surface area contributed by atoms with Crippen molar-refractivity contribution in [3.63, 3.8) is 0 Å². The van der Waals surface area contributed by atoms with Crippen molar-refractivity contribution in [3.8, 4) is 0 Å². The molecule has 0 aromatic carbocycles. The van der Waals surface area contributed by atoms with Gasteiger partial charge in [0.2, 0.25) is 0 Å². The number of halogens is 1. The van der Waals surface area contributed by atoms with E-state index in [-0.39, 0.29) is 12.1 Å². The summed E-state index contributed by atoms with van der Waals surface area (Å²) in [5.74, 6) is -1.20. The van der Waals surface area contributed by atoms with E-state index in [9.17, 15) is 9.90 Å². The number of rotatable bonds is 4. The Morgan fingerprint density at radius 2 is 2.33 bits per heavy atom. The van der Waals surface area contributed by atoms with E-state index >= 15 is 0 Å². The summed E-state index contributed by atoms with van der Waals surface area (Å²) in [6.45, 7) is 2.89. The van der Waals surface area contributed by atoms with Gasteiger partial charge < -0.3 is 9.84 Å². The second-order valence-electron chi connectivity index (χ2n) is 4.53. The molecule has 0 aliphatic carbocycles. The topological polar surface area (TPSA) is 49.8 Å². The zero-order valence-electron chi connectivity index (χ0n) is 10.3. The highest BCUT2D eigenvalue weighted by atomic mass is 79.9. The van der Waals surface area contributed by atoms with Crippen LogP contribution in [0.4, 0.5) is 0 Å². The Morgan fingerprint density at radius 3 is 2.89 bits per heavy atom. The van der Waals surface area contributed by atoms with E-state index in [1.165, 1.54) is 4.88 Å². The molecule has 0 spiro atoms. The molecule has 0 amide bonds. The van der Waals surface area contributed by atoms with Crippen molar-refractivity contribution < 1.29 is 14.6 Å². The summed E-state index contributed by atoms with van der Waals surface area (Å²) >= 11 is 5.13. The molecule has 3 unspecified atom stereocenters. The van der Waals surface area contributed by atoms with Crippen LogP contribution in [0.2, 0.25) is 0 Å². The Kier molecular flexibility index (Phi) is 4.42. The van der Waals surface area contributed by atoms with Crippen molar-refractivity contribution in [2.24, 2.45) is 5.92 Å². The van der Waals surface area contributed by atoms with Crippen molar-refractivity contribution in [2.45, 2.75) is 19.0 Å². The molecule has 2 rings (SSSR count). The van der Waals surface area contributed by atoms with Crippen LogP contribution >= 0.6 is 27.3 Å². The molecule has 0 radical (unpaired) electrons. The highest BCUT2D eigenvalue weighted by Gasteiger charge is 2.38. The van der Waals surface area contributed by atoms with Gasteiger partial charge in [0.25, 0.3) is 0 Å². The molecule has 1 fully saturated rings. The van der Waals surface area contributed by atoms with Crippen molar-refractivity contribution in [1.29, 1.82) is 0 Å². The summed E-state index contributed by atoms with van der Waals surface area (Å²) in [6.07, 6.45) is 0. The first-order valence-corrected chi connectivity index (χ1v) is 7.39. The maximum atomic E-state index is 11.2. The largest absolute Gasteiger partial charge is 0.481 e. The average molecular weight is 334 g/mol. The SMILES string of the molecule is CC(c1ccc(Br)s1)N(C)C1COCC1C(=O)O. The highest BCUT2D eigenvalue weighted by Crippen LogP contribution is 2.33. The zero-order chi connectivity index (χ0) is 13.3. The fraction of sp³-hybridized carbons (Fsp3) is 0.583. The number of thiophene rings is 1. The maximum absolute atomic E-state index is 11.2. The second kappa shape index (κ2) is 5.69. The van der Waals surface area contributed by atoms with Gasteiger partial charge in [0.1, 0.15) is 0 Å². The van der Waals surface area contributed by atoms with Gasteiger partial charge in [0, 0.05) is 17.0 Å². The Morgan fingerprint density at radius 1 is 1.61 bits per heavy atom. The summed E-state index contributed by atoms with van der Waals surface area (Å²) < 4.78 is 6.41. The molecule has 1 saturated heterocycles. The van der Waals surface area contributed by atoms with Crippen LogP contribution < -0.4 is 0 Å². The number of carbonyl (C=O) groups is 1. The maximum Gasteiger partial charge on any atom is 0.310 e. The van der Waals surface area contributed by atoms with Crippen LogP contribution in [0.25, 0.3) is 0 Å². The highest BCUT2D eigenvalue weighted by molar-refractivity contribution is 9.11. The first-order valence-electron chi connectivity index (χ1n) is 5.78. The predicted octanol–water partition coefficient (Wildman–Crippen LogP) is 2.60. The quantitative estimate of drug-likeness (QED) is 0.920. The first-order chi connectivity index (χ1) is 8.50. The molecule has 1 N–H and O–H groups in total. The third-order valence-corrected chi connectivity index (χ3v) is 5.30.